The number of halogens is 2. The van der Waals surface area contributed by atoms with Gasteiger partial charge in [-0.15, -0.1) is 11.3 Å². The van der Waals surface area contributed by atoms with Gasteiger partial charge in [0.05, 0.1) is 15.7 Å². The van der Waals surface area contributed by atoms with E-state index in [0.717, 1.165) is 28.4 Å². The zero-order chi connectivity index (χ0) is 14.8. The van der Waals surface area contributed by atoms with E-state index in [1.54, 1.807) is 17.4 Å². The molecule has 0 amide bonds. The van der Waals surface area contributed by atoms with E-state index in [9.17, 15) is 0 Å². The van der Waals surface area contributed by atoms with Gasteiger partial charge in [0.25, 0.3) is 0 Å². The van der Waals surface area contributed by atoms with E-state index in [2.05, 4.69) is 4.98 Å². The average molecular weight is 335 g/mol. The van der Waals surface area contributed by atoms with Gasteiger partial charge in [0.15, 0.2) is 0 Å². The van der Waals surface area contributed by atoms with E-state index in [0.29, 0.717) is 10.0 Å². The summed E-state index contributed by atoms with van der Waals surface area (Å²) >= 11 is 13.8. The van der Waals surface area contributed by atoms with Gasteiger partial charge >= 0.3 is 0 Å². The van der Waals surface area contributed by atoms with Gasteiger partial charge in [0.2, 0.25) is 0 Å². The molecule has 106 valence electrons. The molecule has 0 aliphatic heterocycles. The standard InChI is InChI=1S/C16H12Cl2N2S/c17-11-3-6-13(14(18)8-11)15-9-21-16(20-15)7-10-1-4-12(19)5-2-10/h1-6,8-9H,7,19H2. The smallest absolute Gasteiger partial charge is 0.0976 e. The summed E-state index contributed by atoms with van der Waals surface area (Å²) in [6.45, 7) is 0. The molecule has 0 spiro atoms. The number of aromatic nitrogens is 1. The van der Waals surface area contributed by atoms with E-state index in [1.165, 1.54) is 5.56 Å². The van der Waals surface area contributed by atoms with Crippen molar-refractivity contribution in [3.8, 4) is 11.3 Å². The first-order valence-electron chi connectivity index (χ1n) is 6.36. The Kier molecular flexibility index (Phi) is 4.15. The predicted molar refractivity (Wildman–Crippen MR) is 91.2 cm³/mol. The second kappa shape index (κ2) is 6.06. The van der Waals surface area contributed by atoms with Crippen molar-refractivity contribution in [2.45, 2.75) is 6.42 Å². The second-order valence-electron chi connectivity index (χ2n) is 4.67. The molecule has 0 saturated heterocycles. The van der Waals surface area contributed by atoms with Crippen molar-refractivity contribution in [3.63, 3.8) is 0 Å². The van der Waals surface area contributed by atoms with Crippen molar-refractivity contribution < 1.29 is 0 Å². The van der Waals surface area contributed by atoms with Crippen LogP contribution in [0.1, 0.15) is 10.6 Å². The molecule has 0 atom stereocenters. The molecule has 3 rings (SSSR count). The third-order valence-electron chi connectivity index (χ3n) is 3.09. The molecule has 2 nitrogen and oxygen atoms in total. The summed E-state index contributed by atoms with van der Waals surface area (Å²) in [6, 6.07) is 13.3. The van der Waals surface area contributed by atoms with Crippen LogP contribution in [0.4, 0.5) is 5.69 Å². The molecule has 2 aromatic carbocycles. The molecule has 21 heavy (non-hydrogen) atoms. The zero-order valence-electron chi connectivity index (χ0n) is 11.0. The fraction of sp³-hybridized carbons (Fsp3) is 0.0625. The summed E-state index contributed by atoms with van der Waals surface area (Å²) in [5, 5.41) is 4.30. The molecule has 0 aliphatic carbocycles. The lowest BCUT2D eigenvalue weighted by Crippen LogP contribution is -1.89. The largest absolute Gasteiger partial charge is 0.399 e. The van der Waals surface area contributed by atoms with E-state index < -0.39 is 0 Å². The van der Waals surface area contributed by atoms with Gasteiger partial charge in [-0.25, -0.2) is 4.98 Å². The zero-order valence-corrected chi connectivity index (χ0v) is 13.3. The van der Waals surface area contributed by atoms with E-state index in [1.807, 2.05) is 41.8 Å². The van der Waals surface area contributed by atoms with Crippen molar-refractivity contribution in [1.29, 1.82) is 0 Å². The molecule has 5 heteroatoms. The number of benzene rings is 2. The van der Waals surface area contributed by atoms with E-state index in [4.69, 9.17) is 28.9 Å². The average Bonchev–Trinajstić information content (AvgIpc) is 2.90. The van der Waals surface area contributed by atoms with Crippen LogP contribution in [0.3, 0.4) is 0 Å². The van der Waals surface area contributed by atoms with Crippen LogP contribution >= 0.6 is 34.5 Å². The molecular formula is C16H12Cl2N2S. The Hall–Kier alpha value is -1.55. The van der Waals surface area contributed by atoms with Crippen LogP contribution in [-0.4, -0.2) is 4.98 Å². The molecule has 3 aromatic rings. The molecule has 0 bridgehead atoms. The lowest BCUT2D eigenvalue weighted by molar-refractivity contribution is 1.14. The highest BCUT2D eigenvalue weighted by atomic mass is 35.5. The molecular weight excluding hydrogens is 323 g/mol. The van der Waals surface area contributed by atoms with Gasteiger partial charge in [-0.1, -0.05) is 35.3 Å². The number of rotatable bonds is 3. The Morgan fingerprint density at radius 3 is 2.52 bits per heavy atom. The Labute approximate surface area is 137 Å². The highest BCUT2D eigenvalue weighted by molar-refractivity contribution is 7.10. The van der Waals surface area contributed by atoms with Crippen LogP contribution in [0.15, 0.2) is 47.8 Å². The summed E-state index contributed by atoms with van der Waals surface area (Å²) in [4.78, 5) is 4.65. The quantitative estimate of drug-likeness (QED) is 0.661. The number of thiazole rings is 1. The normalized spacial score (nSPS) is 10.8. The highest BCUT2D eigenvalue weighted by Crippen LogP contribution is 2.31. The minimum absolute atomic E-state index is 0.617. The minimum atomic E-state index is 0.617. The maximum Gasteiger partial charge on any atom is 0.0976 e. The molecule has 0 aliphatic rings. The Balaban J connectivity index is 1.84. The number of anilines is 1. The van der Waals surface area contributed by atoms with Crippen molar-refractivity contribution in [2.75, 3.05) is 5.73 Å². The predicted octanol–water partition coefficient (Wildman–Crippen LogP) is 5.29. The lowest BCUT2D eigenvalue weighted by Gasteiger charge is -2.01. The van der Waals surface area contributed by atoms with Gasteiger partial charge in [-0.2, -0.15) is 0 Å². The number of nitrogen functional groups attached to an aromatic ring is 1. The lowest BCUT2D eigenvalue weighted by atomic mass is 10.1. The van der Waals surface area contributed by atoms with Crippen molar-refractivity contribution >= 4 is 40.2 Å². The van der Waals surface area contributed by atoms with Crippen LogP contribution in [0.5, 0.6) is 0 Å². The Morgan fingerprint density at radius 1 is 1.05 bits per heavy atom. The van der Waals surface area contributed by atoms with Gasteiger partial charge in [-0.05, 0) is 35.9 Å². The second-order valence-corrected chi connectivity index (χ2v) is 6.46. The molecule has 1 aromatic heterocycles. The van der Waals surface area contributed by atoms with E-state index in [-0.39, 0.29) is 0 Å². The first-order valence-corrected chi connectivity index (χ1v) is 7.99. The van der Waals surface area contributed by atoms with Gasteiger partial charge in [0, 0.05) is 28.1 Å². The fourth-order valence-corrected chi connectivity index (χ4v) is 3.36. The molecule has 0 radical (unpaired) electrons. The van der Waals surface area contributed by atoms with Gasteiger partial charge < -0.3 is 5.73 Å². The molecule has 1 heterocycles. The number of hydrogen-bond donors (Lipinski definition) is 1. The summed E-state index contributed by atoms with van der Waals surface area (Å²) in [5.41, 5.74) is 9.43. The maximum absolute atomic E-state index is 6.22. The number of hydrogen-bond acceptors (Lipinski definition) is 3. The fourth-order valence-electron chi connectivity index (χ4n) is 2.02. The third kappa shape index (κ3) is 3.38. The Morgan fingerprint density at radius 2 is 1.81 bits per heavy atom. The van der Waals surface area contributed by atoms with Crippen molar-refractivity contribution in [1.82, 2.24) is 4.98 Å². The van der Waals surface area contributed by atoms with Crippen LogP contribution in [0.25, 0.3) is 11.3 Å². The van der Waals surface area contributed by atoms with Crippen LogP contribution in [0.2, 0.25) is 10.0 Å². The highest BCUT2D eigenvalue weighted by Gasteiger charge is 2.09. The monoisotopic (exact) mass is 334 g/mol. The van der Waals surface area contributed by atoms with Gasteiger partial charge in [-0.3, -0.25) is 0 Å². The van der Waals surface area contributed by atoms with Crippen molar-refractivity contribution in [3.05, 3.63) is 68.5 Å². The van der Waals surface area contributed by atoms with Crippen LogP contribution in [0, 0.1) is 0 Å². The maximum atomic E-state index is 6.22. The molecule has 0 unspecified atom stereocenters. The summed E-state index contributed by atoms with van der Waals surface area (Å²) in [7, 11) is 0. The summed E-state index contributed by atoms with van der Waals surface area (Å²) in [5.74, 6) is 0. The molecule has 0 saturated carbocycles. The molecule has 2 N–H and O–H groups in total. The summed E-state index contributed by atoms with van der Waals surface area (Å²) in [6.07, 6.45) is 0.788. The third-order valence-corrected chi connectivity index (χ3v) is 4.49. The van der Waals surface area contributed by atoms with Crippen LogP contribution in [-0.2, 0) is 6.42 Å². The first kappa shape index (κ1) is 14.4. The summed E-state index contributed by atoms with van der Waals surface area (Å²) < 4.78 is 0. The number of nitrogens with zero attached hydrogens (tertiary/aromatic N) is 1. The number of nitrogens with two attached hydrogens (primary N) is 1. The minimum Gasteiger partial charge on any atom is -0.399 e. The SMILES string of the molecule is Nc1ccc(Cc2nc(-c3ccc(Cl)cc3Cl)cs2)cc1. The van der Waals surface area contributed by atoms with E-state index >= 15 is 0 Å². The van der Waals surface area contributed by atoms with Gasteiger partial charge in [0.1, 0.15) is 0 Å². The first-order chi connectivity index (χ1) is 10.1. The van der Waals surface area contributed by atoms with Crippen molar-refractivity contribution in [2.24, 2.45) is 0 Å². The topological polar surface area (TPSA) is 38.9 Å². The molecule has 0 fully saturated rings. The van der Waals surface area contributed by atoms with Crippen LogP contribution < -0.4 is 5.73 Å². The Bertz CT molecular complexity index is 766.